The Morgan fingerprint density at radius 3 is 2.23 bits per heavy atom. The molecule has 3 rings (SSSR count). The Hall–Kier alpha value is -3.90. The molecule has 1 heterocycles. The van der Waals surface area contributed by atoms with Crippen LogP contribution in [0.3, 0.4) is 0 Å². The molecule has 0 aliphatic carbocycles. The van der Waals surface area contributed by atoms with Crippen LogP contribution in [-0.2, 0) is 19.3 Å². The molecule has 39 heavy (non-hydrogen) atoms. The fraction of sp³-hybridized carbons (Fsp3) is 0.370. The third kappa shape index (κ3) is 8.29. The number of anilines is 1. The molecular formula is C27H33N3O8S. The minimum Gasteiger partial charge on any atom is -0.465 e. The van der Waals surface area contributed by atoms with Crippen LogP contribution in [-0.4, -0.2) is 55.5 Å². The molecule has 1 unspecified atom stereocenters. The van der Waals surface area contributed by atoms with Crippen LogP contribution in [0, 0.1) is 6.92 Å². The second-order valence-corrected chi connectivity index (χ2v) is 11.8. The predicted octanol–water partition coefficient (Wildman–Crippen LogP) is 5.18. The van der Waals surface area contributed by atoms with Crippen molar-refractivity contribution in [2.75, 3.05) is 18.7 Å². The molecule has 11 nitrogen and oxygen atoms in total. The van der Waals surface area contributed by atoms with Gasteiger partial charge in [0.25, 0.3) is 5.91 Å². The number of carbonyl (C=O) groups excluding carboxylic acids is 2. The van der Waals surface area contributed by atoms with E-state index >= 15 is 0 Å². The number of amides is 1. The van der Waals surface area contributed by atoms with Crippen molar-refractivity contribution in [2.45, 2.75) is 57.8 Å². The molecule has 0 aliphatic heterocycles. The second-order valence-electron chi connectivity index (χ2n) is 9.75. The average Bonchev–Trinajstić information content (AvgIpc) is 3.21. The predicted molar refractivity (Wildman–Crippen MR) is 144 cm³/mol. The minimum absolute atomic E-state index is 0.150. The summed E-state index contributed by atoms with van der Waals surface area (Å²) < 4.78 is 47.0. The lowest BCUT2D eigenvalue weighted by molar-refractivity contribution is -0.0549. The van der Waals surface area contributed by atoms with Gasteiger partial charge in [-0.05, 0) is 64.1 Å². The molecule has 2 aromatic carbocycles. The van der Waals surface area contributed by atoms with Crippen molar-refractivity contribution in [3.05, 3.63) is 59.8 Å². The quantitative estimate of drug-likeness (QED) is 0.352. The van der Waals surface area contributed by atoms with E-state index < -0.39 is 33.7 Å². The first-order valence-corrected chi connectivity index (χ1v) is 14.0. The number of aryl methyl sites for hydroxylation is 1. The Kier molecular flexibility index (Phi) is 9.03. The highest BCUT2D eigenvalue weighted by atomic mass is 32.2. The van der Waals surface area contributed by atoms with Crippen molar-refractivity contribution in [1.29, 1.82) is 0 Å². The Bertz CT molecular complexity index is 1440. The van der Waals surface area contributed by atoms with Gasteiger partial charge in [0.05, 0.1) is 4.90 Å². The summed E-state index contributed by atoms with van der Waals surface area (Å²) in [6.07, 6.45) is 0.445. The topological polar surface area (TPSA) is 135 Å². The monoisotopic (exact) mass is 559 g/mol. The van der Waals surface area contributed by atoms with Crippen LogP contribution >= 0.6 is 0 Å². The molecule has 0 radical (unpaired) electrons. The number of methoxy groups -OCH3 is 1. The third-order valence-electron chi connectivity index (χ3n) is 5.19. The first-order valence-electron chi connectivity index (χ1n) is 12.1. The van der Waals surface area contributed by atoms with Crippen molar-refractivity contribution in [3.8, 4) is 17.2 Å². The van der Waals surface area contributed by atoms with E-state index in [0.29, 0.717) is 23.6 Å². The molecule has 0 saturated heterocycles. The molecule has 12 heteroatoms. The zero-order valence-corrected chi connectivity index (χ0v) is 23.8. The van der Waals surface area contributed by atoms with Crippen LogP contribution in [0.5, 0.6) is 17.2 Å². The van der Waals surface area contributed by atoms with Crippen molar-refractivity contribution in [2.24, 2.45) is 0 Å². The lowest BCUT2D eigenvalue weighted by Gasteiger charge is -2.19. The summed E-state index contributed by atoms with van der Waals surface area (Å²) in [5.41, 5.74) is -0.0471. The number of ether oxygens (including phenoxy) is 4. The van der Waals surface area contributed by atoms with Gasteiger partial charge >= 0.3 is 6.09 Å². The Morgan fingerprint density at radius 2 is 1.67 bits per heavy atom. The van der Waals surface area contributed by atoms with E-state index in [4.69, 9.17) is 18.9 Å². The number of rotatable bonds is 9. The maximum atomic E-state index is 13.2. The van der Waals surface area contributed by atoms with E-state index in [1.807, 2.05) is 6.92 Å². The summed E-state index contributed by atoms with van der Waals surface area (Å²) in [4.78, 5) is 25.8. The van der Waals surface area contributed by atoms with E-state index in [9.17, 15) is 18.0 Å². The summed E-state index contributed by atoms with van der Waals surface area (Å²) in [6, 6.07) is 12.0. The van der Waals surface area contributed by atoms with Gasteiger partial charge in [0.1, 0.15) is 22.8 Å². The van der Waals surface area contributed by atoms with Crippen molar-refractivity contribution >= 4 is 27.7 Å². The summed E-state index contributed by atoms with van der Waals surface area (Å²) in [7, 11) is -1.85. The van der Waals surface area contributed by atoms with Gasteiger partial charge in [-0.15, -0.1) is 5.10 Å². The molecular weight excluding hydrogens is 526 g/mol. The van der Waals surface area contributed by atoms with E-state index in [0.717, 1.165) is 10.9 Å². The number of sulfone groups is 1. The first kappa shape index (κ1) is 29.7. The number of aromatic nitrogens is 2. The first-order chi connectivity index (χ1) is 18.2. The van der Waals surface area contributed by atoms with Gasteiger partial charge in [0, 0.05) is 43.2 Å². The molecule has 1 atom stereocenters. The normalized spacial score (nSPS) is 12.5. The molecule has 1 N–H and O–H groups in total. The number of benzene rings is 2. The number of nitrogens with zero attached hydrogens (tertiary/aromatic N) is 2. The molecule has 0 fully saturated rings. The maximum Gasteiger partial charge on any atom is 0.435 e. The summed E-state index contributed by atoms with van der Waals surface area (Å²) in [6.45, 7) is 8.78. The fourth-order valence-corrected chi connectivity index (χ4v) is 4.02. The SMILES string of the molecule is CCC(OC)Oc1cc(Oc2ccc(S(C)(=O)=O)cc2)cc(C(=O)Nc2cc(C)n(C(=O)OC(C)(C)C)n2)c1. The molecule has 3 aromatic rings. The zero-order chi connectivity index (χ0) is 29.0. The van der Waals surface area contributed by atoms with Crippen LogP contribution in [0.15, 0.2) is 53.4 Å². The van der Waals surface area contributed by atoms with Crippen LogP contribution in [0.2, 0.25) is 0 Å². The standard InChI is InChI=1S/C27H33N3O8S/c1-8-24(35-6)37-21-15-18(14-20(16-21)36-19-9-11-22(12-10-19)39(7,33)34)25(31)28-23-13-17(2)30(29-23)26(32)38-27(3,4)5/h9-16,24H,8H2,1-7H3,(H,28,29,31). The lowest BCUT2D eigenvalue weighted by Crippen LogP contribution is -2.28. The second kappa shape index (κ2) is 11.9. The van der Waals surface area contributed by atoms with Gasteiger partial charge in [0.2, 0.25) is 0 Å². The summed E-state index contributed by atoms with van der Waals surface area (Å²) in [5.74, 6) is 0.561. The minimum atomic E-state index is -3.36. The van der Waals surface area contributed by atoms with Gasteiger partial charge in [-0.1, -0.05) is 6.92 Å². The van der Waals surface area contributed by atoms with E-state index in [1.54, 1.807) is 39.8 Å². The highest BCUT2D eigenvalue weighted by Gasteiger charge is 2.22. The molecule has 0 aliphatic rings. The number of hydrogen-bond acceptors (Lipinski definition) is 9. The van der Waals surface area contributed by atoms with E-state index in [2.05, 4.69) is 10.4 Å². The van der Waals surface area contributed by atoms with Crippen LogP contribution in [0.4, 0.5) is 10.6 Å². The Labute approximate surface area is 227 Å². The number of hydrogen-bond donors (Lipinski definition) is 1. The molecule has 0 saturated carbocycles. The lowest BCUT2D eigenvalue weighted by atomic mass is 10.2. The van der Waals surface area contributed by atoms with Crippen molar-refractivity contribution in [3.63, 3.8) is 0 Å². The highest BCUT2D eigenvalue weighted by Crippen LogP contribution is 2.30. The van der Waals surface area contributed by atoms with Crippen LogP contribution in [0.25, 0.3) is 0 Å². The van der Waals surface area contributed by atoms with E-state index in [1.165, 1.54) is 43.5 Å². The Balaban J connectivity index is 1.88. The third-order valence-corrected chi connectivity index (χ3v) is 6.32. The number of nitrogens with one attached hydrogen (secondary N) is 1. The fourth-order valence-electron chi connectivity index (χ4n) is 3.38. The summed E-state index contributed by atoms with van der Waals surface area (Å²) in [5, 5.41) is 6.83. The number of carbonyl (C=O) groups is 2. The summed E-state index contributed by atoms with van der Waals surface area (Å²) >= 11 is 0. The van der Waals surface area contributed by atoms with Crippen molar-refractivity contribution < 1.29 is 37.0 Å². The van der Waals surface area contributed by atoms with E-state index in [-0.39, 0.29) is 22.0 Å². The smallest absolute Gasteiger partial charge is 0.435 e. The van der Waals surface area contributed by atoms with Crippen molar-refractivity contribution in [1.82, 2.24) is 9.78 Å². The average molecular weight is 560 g/mol. The Morgan fingerprint density at radius 1 is 1.03 bits per heavy atom. The molecule has 0 spiro atoms. The largest absolute Gasteiger partial charge is 0.465 e. The zero-order valence-electron chi connectivity index (χ0n) is 23.0. The van der Waals surface area contributed by atoms with Crippen LogP contribution < -0.4 is 14.8 Å². The van der Waals surface area contributed by atoms with Gasteiger partial charge in [-0.3, -0.25) is 4.79 Å². The van der Waals surface area contributed by atoms with Gasteiger partial charge < -0.3 is 24.3 Å². The van der Waals surface area contributed by atoms with Gasteiger partial charge in [-0.25, -0.2) is 13.2 Å². The van der Waals surface area contributed by atoms with Crippen LogP contribution in [0.1, 0.15) is 50.2 Å². The van der Waals surface area contributed by atoms with Gasteiger partial charge in [0.15, 0.2) is 21.9 Å². The molecule has 1 amide bonds. The maximum absolute atomic E-state index is 13.2. The molecule has 210 valence electrons. The molecule has 1 aromatic heterocycles. The van der Waals surface area contributed by atoms with Gasteiger partial charge in [-0.2, -0.15) is 4.68 Å². The highest BCUT2D eigenvalue weighted by molar-refractivity contribution is 7.90. The molecule has 0 bridgehead atoms.